The van der Waals surface area contributed by atoms with Crippen molar-refractivity contribution < 1.29 is 19.6 Å². The van der Waals surface area contributed by atoms with Crippen LogP contribution >= 0.6 is 31.9 Å². The number of nitrogens with zero attached hydrogens (tertiary/aromatic N) is 2. The van der Waals surface area contributed by atoms with Gasteiger partial charge in [-0.25, -0.2) is 5.43 Å². The maximum atomic E-state index is 11.7. The molecule has 0 radical (unpaired) electrons. The summed E-state index contributed by atoms with van der Waals surface area (Å²) in [5.74, 6) is -0.534. The summed E-state index contributed by atoms with van der Waals surface area (Å²) in [5, 5.41) is 24.4. The Morgan fingerprint density at radius 2 is 2.12 bits per heavy atom. The van der Waals surface area contributed by atoms with Gasteiger partial charge in [0.05, 0.1) is 11.1 Å². The smallest absolute Gasteiger partial charge is 0.312 e. The van der Waals surface area contributed by atoms with E-state index in [1.807, 2.05) is 13.0 Å². The number of aryl methyl sites for hydroxylation is 1. The molecule has 0 bridgehead atoms. The summed E-state index contributed by atoms with van der Waals surface area (Å²) in [6.45, 7) is 1.63. The van der Waals surface area contributed by atoms with Crippen molar-refractivity contribution in [2.75, 3.05) is 6.61 Å². The summed E-state index contributed by atoms with van der Waals surface area (Å²) in [5.41, 5.74) is 2.80. The average Bonchev–Trinajstić information content (AvgIpc) is 2.58. The third-order valence-electron chi connectivity index (χ3n) is 3.17. The maximum Gasteiger partial charge on any atom is 0.312 e. The number of nitrogens with one attached hydrogen (secondary N) is 1. The van der Waals surface area contributed by atoms with Crippen molar-refractivity contribution in [2.24, 2.45) is 5.10 Å². The van der Waals surface area contributed by atoms with E-state index in [2.05, 4.69) is 42.4 Å². The van der Waals surface area contributed by atoms with E-state index in [1.165, 1.54) is 12.1 Å². The van der Waals surface area contributed by atoms with Crippen LogP contribution in [0.3, 0.4) is 0 Å². The van der Waals surface area contributed by atoms with Crippen LogP contribution in [-0.2, 0) is 4.79 Å². The number of ether oxygens (including phenoxy) is 1. The Bertz CT molecular complexity index is 886. The molecule has 0 fully saturated rings. The Hall–Kier alpha value is -2.46. The Balaban J connectivity index is 1.96. The predicted molar refractivity (Wildman–Crippen MR) is 103 cm³/mol. The first-order chi connectivity index (χ1) is 12.3. The number of phenols is 1. The molecule has 0 aliphatic heterocycles. The minimum Gasteiger partial charge on any atom is -0.502 e. The lowest BCUT2D eigenvalue weighted by Gasteiger charge is -2.07. The van der Waals surface area contributed by atoms with E-state index in [0.29, 0.717) is 10.2 Å². The summed E-state index contributed by atoms with van der Waals surface area (Å²) >= 11 is 6.48. The van der Waals surface area contributed by atoms with Gasteiger partial charge in [-0.05, 0) is 36.8 Å². The summed E-state index contributed by atoms with van der Waals surface area (Å²) in [4.78, 5) is 21.9. The Morgan fingerprint density at radius 1 is 1.38 bits per heavy atom. The second-order valence-corrected chi connectivity index (χ2v) is 6.88. The van der Waals surface area contributed by atoms with Gasteiger partial charge in [-0.2, -0.15) is 5.10 Å². The van der Waals surface area contributed by atoms with Crippen molar-refractivity contribution in [3.05, 3.63) is 60.5 Å². The SMILES string of the molecule is Cc1cc(OCC(=O)N/N=C/c2cc(Br)cc([N+](=O)[O-])c2O)ccc1Br. The van der Waals surface area contributed by atoms with Crippen LogP contribution in [0.4, 0.5) is 5.69 Å². The fraction of sp³-hybridized carbons (Fsp3) is 0.125. The topological polar surface area (TPSA) is 114 Å². The molecule has 2 aromatic carbocycles. The van der Waals surface area contributed by atoms with Crippen LogP contribution in [0.15, 0.2) is 44.4 Å². The summed E-state index contributed by atoms with van der Waals surface area (Å²) < 4.78 is 6.67. The van der Waals surface area contributed by atoms with Gasteiger partial charge >= 0.3 is 5.69 Å². The normalized spacial score (nSPS) is 10.7. The predicted octanol–water partition coefficient (Wildman–Crippen LogP) is 3.66. The highest BCUT2D eigenvalue weighted by molar-refractivity contribution is 9.10. The Labute approximate surface area is 165 Å². The van der Waals surface area contributed by atoms with Gasteiger partial charge in [0.25, 0.3) is 5.91 Å². The van der Waals surface area contributed by atoms with E-state index in [0.717, 1.165) is 16.3 Å². The lowest BCUT2D eigenvalue weighted by molar-refractivity contribution is -0.385. The van der Waals surface area contributed by atoms with Crippen molar-refractivity contribution >= 4 is 49.7 Å². The van der Waals surface area contributed by atoms with Gasteiger partial charge in [-0.15, -0.1) is 0 Å². The van der Waals surface area contributed by atoms with Crippen LogP contribution in [0.25, 0.3) is 0 Å². The molecule has 26 heavy (non-hydrogen) atoms. The van der Waals surface area contributed by atoms with E-state index < -0.39 is 22.3 Å². The molecule has 10 heteroatoms. The van der Waals surface area contributed by atoms with Crippen molar-refractivity contribution in [1.29, 1.82) is 0 Å². The number of hydrogen-bond donors (Lipinski definition) is 2. The molecule has 0 unspecified atom stereocenters. The Kier molecular flexibility index (Phi) is 6.70. The van der Waals surface area contributed by atoms with Crippen LogP contribution in [0.5, 0.6) is 11.5 Å². The standard InChI is InChI=1S/C16H13Br2N3O5/c1-9-4-12(2-3-13(9)18)26-8-15(22)20-19-7-10-5-11(17)6-14(16(10)23)21(24)25/h2-7,23H,8H2,1H3,(H,20,22)/b19-7+. The summed E-state index contributed by atoms with van der Waals surface area (Å²) in [6.07, 6.45) is 1.11. The number of hydrogen-bond acceptors (Lipinski definition) is 6. The van der Waals surface area contributed by atoms with E-state index in [4.69, 9.17) is 4.74 Å². The van der Waals surface area contributed by atoms with Crippen LogP contribution in [-0.4, -0.2) is 28.8 Å². The zero-order valence-electron chi connectivity index (χ0n) is 13.4. The van der Waals surface area contributed by atoms with Gasteiger partial charge < -0.3 is 9.84 Å². The number of rotatable bonds is 6. The zero-order chi connectivity index (χ0) is 19.3. The van der Waals surface area contributed by atoms with Gasteiger partial charge in [0.15, 0.2) is 6.61 Å². The lowest BCUT2D eigenvalue weighted by atomic mass is 10.2. The summed E-state index contributed by atoms with van der Waals surface area (Å²) in [7, 11) is 0. The molecular formula is C16H13Br2N3O5. The lowest BCUT2D eigenvalue weighted by Crippen LogP contribution is -2.24. The largest absolute Gasteiger partial charge is 0.502 e. The van der Waals surface area contributed by atoms with Gasteiger partial charge in [0.1, 0.15) is 5.75 Å². The number of phenolic OH excluding ortho intramolecular Hbond substituents is 1. The van der Waals surface area contributed by atoms with Crippen LogP contribution in [0.2, 0.25) is 0 Å². The third kappa shape index (κ3) is 5.27. The molecule has 8 nitrogen and oxygen atoms in total. The van der Waals surface area contributed by atoms with E-state index in [9.17, 15) is 20.0 Å². The number of carbonyl (C=O) groups is 1. The minimum atomic E-state index is -0.718. The molecule has 2 N–H and O–H groups in total. The van der Waals surface area contributed by atoms with Crippen LogP contribution < -0.4 is 10.2 Å². The number of halogens is 2. The highest BCUT2D eigenvalue weighted by Crippen LogP contribution is 2.32. The van der Waals surface area contributed by atoms with Gasteiger partial charge in [0.2, 0.25) is 5.75 Å². The second kappa shape index (κ2) is 8.77. The average molecular weight is 487 g/mol. The number of carbonyl (C=O) groups excluding carboxylic acids is 1. The highest BCUT2D eigenvalue weighted by atomic mass is 79.9. The first-order valence-electron chi connectivity index (χ1n) is 7.15. The quantitative estimate of drug-likeness (QED) is 0.367. The van der Waals surface area contributed by atoms with Crippen LogP contribution in [0.1, 0.15) is 11.1 Å². The number of benzene rings is 2. The van der Waals surface area contributed by atoms with E-state index in [-0.39, 0.29) is 12.2 Å². The summed E-state index contributed by atoms with van der Waals surface area (Å²) in [6, 6.07) is 7.90. The van der Waals surface area contributed by atoms with E-state index >= 15 is 0 Å². The highest BCUT2D eigenvalue weighted by Gasteiger charge is 2.17. The van der Waals surface area contributed by atoms with Gasteiger partial charge in [-0.3, -0.25) is 14.9 Å². The fourth-order valence-electron chi connectivity index (χ4n) is 1.90. The number of amides is 1. The van der Waals surface area contributed by atoms with Crippen molar-refractivity contribution in [1.82, 2.24) is 5.43 Å². The molecule has 0 saturated carbocycles. The fourth-order valence-corrected chi connectivity index (χ4v) is 2.62. The molecule has 0 saturated heterocycles. The van der Waals surface area contributed by atoms with Crippen LogP contribution in [0, 0.1) is 17.0 Å². The molecule has 2 aromatic rings. The molecule has 0 heterocycles. The molecule has 0 aromatic heterocycles. The molecule has 0 aliphatic carbocycles. The molecule has 0 aliphatic rings. The number of nitro groups is 1. The zero-order valence-corrected chi connectivity index (χ0v) is 16.6. The minimum absolute atomic E-state index is 0.0795. The monoisotopic (exact) mass is 485 g/mol. The molecule has 0 spiro atoms. The third-order valence-corrected chi connectivity index (χ3v) is 4.52. The molecule has 0 atom stereocenters. The molecule has 136 valence electrons. The maximum absolute atomic E-state index is 11.7. The van der Waals surface area contributed by atoms with E-state index in [1.54, 1.807) is 12.1 Å². The number of hydrazone groups is 1. The van der Waals surface area contributed by atoms with Crippen molar-refractivity contribution in [2.45, 2.75) is 6.92 Å². The number of aromatic hydroxyl groups is 1. The van der Waals surface area contributed by atoms with Crippen molar-refractivity contribution in [3.63, 3.8) is 0 Å². The first kappa shape index (κ1) is 19.9. The second-order valence-electron chi connectivity index (χ2n) is 5.11. The van der Waals surface area contributed by atoms with Gasteiger partial charge in [-0.1, -0.05) is 31.9 Å². The van der Waals surface area contributed by atoms with Crippen molar-refractivity contribution in [3.8, 4) is 11.5 Å². The molecular weight excluding hydrogens is 474 g/mol. The first-order valence-corrected chi connectivity index (χ1v) is 8.74. The number of nitro benzene ring substituents is 1. The van der Waals surface area contributed by atoms with Gasteiger partial charge in [0, 0.05) is 20.6 Å². The molecule has 1 amide bonds. The molecule has 2 rings (SSSR count). The Morgan fingerprint density at radius 3 is 2.77 bits per heavy atom.